The standard InChI is InChI=1S/C24H30N4O4S4/c1-5-9-29-15-13-33-21(25-15)23-27-19(31-11-7-3)17(35-23)18-20(32-12-8-4)28-24(36-18)22-26-16(14-34-22)30-10-6-2/h13-14H,5-12H2,1-4H3. The second-order valence-corrected chi connectivity index (χ2v) is 11.4. The van der Waals surface area contributed by atoms with E-state index in [9.17, 15) is 0 Å². The summed E-state index contributed by atoms with van der Waals surface area (Å²) < 4.78 is 23.5. The Hall–Kier alpha value is -2.28. The molecule has 4 heterocycles. The van der Waals surface area contributed by atoms with Gasteiger partial charge in [0, 0.05) is 0 Å². The molecule has 0 saturated carbocycles. The molecule has 12 heteroatoms. The Labute approximate surface area is 227 Å². The minimum absolute atomic E-state index is 0.570. The molecule has 0 radical (unpaired) electrons. The molecule has 36 heavy (non-hydrogen) atoms. The molecular formula is C24H30N4O4S4. The first-order valence-corrected chi connectivity index (χ1v) is 15.5. The average Bonchev–Trinajstić information content (AvgIpc) is 3.69. The summed E-state index contributed by atoms with van der Waals surface area (Å²) in [5.41, 5.74) is 0. The molecule has 0 aliphatic carbocycles. The first kappa shape index (κ1) is 26.8. The Bertz CT molecular complexity index is 1140. The molecule has 0 N–H and O–H groups in total. The zero-order chi connectivity index (χ0) is 25.3. The van der Waals surface area contributed by atoms with Crippen LogP contribution in [-0.2, 0) is 0 Å². The van der Waals surface area contributed by atoms with Gasteiger partial charge < -0.3 is 18.9 Å². The van der Waals surface area contributed by atoms with E-state index in [0.29, 0.717) is 49.9 Å². The third kappa shape index (κ3) is 6.53. The van der Waals surface area contributed by atoms with Crippen molar-refractivity contribution in [3.8, 4) is 53.3 Å². The Morgan fingerprint density at radius 3 is 1.31 bits per heavy atom. The lowest BCUT2D eigenvalue weighted by Crippen LogP contribution is -1.98. The van der Waals surface area contributed by atoms with E-state index in [4.69, 9.17) is 28.9 Å². The zero-order valence-corrected chi connectivity index (χ0v) is 24.1. The minimum atomic E-state index is 0.570. The summed E-state index contributed by atoms with van der Waals surface area (Å²) >= 11 is 6.09. The van der Waals surface area contributed by atoms with Gasteiger partial charge in [-0.2, -0.15) is 19.9 Å². The van der Waals surface area contributed by atoms with E-state index in [1.165, 1.54) is 45.3 Å². The van der Waals surface area contributed by atoms with Crippen molar-refractivity contribution in [2.45, 2.75) is 53.4 Å². The quantitative estimate of drug-likeness (QED) is 0.145. The van der Waals surface area contributed by atoms with Gasteiger partial charge in [0.1, 0.15) is 9.75 Å². The predicted octanol–water partition coefficient (Wildman–Crippen LogP) is 7.67. The van der Waals surface area contributed by atoms with Gasteiger partial charge in [0.25, 0.3) is 0 Å². The number of aromatic nitrogens is 4. The van der Waals surface area contributed by atoms with Crippen molar-refractivity contribution in [3.05, 3.63) is 10.8 Å². The molecule has 0 unspecified atom stereocenters. The van der Waals surface area contributed by atoms with Crippen LogP contribution in [0.15, 0.2) is 10.8 Å². The summed E-state index contributed by atoms with van der Waals surface area (Å²) in [6.45, 7) is 10.7. The topological polar surface area (TPSA) is 88.5 Å². The number of hydrogen-bond donors (Lipinski definition) is 0. The van der Waals surface area contributed by atoms with Crippen molar-refractivity contribution in [3.63, 3.8) is 0 Å². The zero-order valence-electron chi connectivity index (χ0n) is 20.9. The summed E-state index contributed by atoms with van der Waals surface area (Å²) in [4.78, 5) is 20.6. The van der Waals surface area contributed by atoms with E-state index in [2.05, 4.69) is 37.7 Å². The van der Waals surface area contributed by atoms with E-state index in [0.717, 1.165) is 55.5 Å². The maximum absolute atomic E-state index is 6.07. The van der Waals surface area contributed by atoms with E-state index < -0.39 is 0 Å². The van der Waals surface area contributed by atoms with Crippen molar-refractivity contribution < 1.29 is 18.9 Å². The highest BCUT2D eigenvalue weighted by Gasteiger charge is 2.26. The molecule has 8 nitrogen and oxygen atoms in total. The Kier molecular flexibility index (Phi) is 9.90. The minimum Gasteiger partial charge on any atom is -0.477 e. The SMILES string of the molecule is CCCOc1csc(-c2nc(OCCC)c(-c3sc(-c4nc(OCCC)cs4)nc3OCCC)s2)n1. The number of ether oxygens (including phenoxy) is 4. The summed E-state index contributed by atoms with van der Waals surface area (Å²) in [6.07, 6.45) is 3.63. The third-order valence-electron chi connectivity index (χ3n) is 4.52. The van der Waals surface area contributed by atoms with Crippen LogP contribution in [0.3, 0.4) is 0 Å². The van der Waals surface area contributed by atoms with Crippen molar-refractivity contribution in [2.75, 3.05) is 26.4 Å². The fraction of sp³-hybridized carbons (Fsp3) is 0.500. The van der Waals surface area contributed by atoms with Gasteiger partial charge in [0.15, 0.2) is 20.0 Å². The van der Waals surface area contributed by atoms with Gasteiger partial charge in [-0.3, -0.25) is 0 Å². The number of hydrogen-bond acceptors (Lipinski definition) is 12. The fourth-order valence-electron chi connectivity index (χ4n) is 2.94. The van der Waals surface area contributed by atoms with Gasteiger partial charge in [-0.05, 0) is 25.7 Å². The largest absolute Gasteiger partial charge is 0.477 e. The van der Waals surface area contributed by atoms with E-state index in [-0.39, 0.29) is 0 Å². The summed E-state index contributed by atoms with van der Waals surface area (Å²) in [7, 11) is 0. The fourth-order valence-corrected chi connectivity index (χ4v) is 6.62. The molecule has 0 atom stereocenters. The molecule has 0 saturated heterocycles. The lowest BCUT2D eigenvalue weighted by molar-refractivity contribution is 0.304. The Morgan fingerprint density at radius 2 is 0.917 bits per heavy atom. The number of rotatable bonds is 15. The predicted molar refractivity (Wildman–Crippen MR) is 149 cm³/mol. The van der Waals surface area contributed by atoms with Gasteiger partial charge in [-0.1, -0.05) is 27.7 Å². The first-order chi connectivity index (χ1) is 17.7. The van der Waals surface area contributed by atoms with Crippen molar-refractivity contribution in [1.82, 2.24) is 19.9 Å². The number of nitrogens with zero attached hydrogens (tertiary/aromatic N) is 4. The van der Waals surface area contributed by atoms with E-state index >= 15 is 0 Å². The lowest BCUT2D eigenvalue weighted by atomic mass is 10.4. The Morgan fingerprint density at radius 1 is 0.528 bits per heavy atom. The van der Waals surface area contributed by atoms with Gasteiger partial charge in [0.2, 0.25) is 23.5 Å². The Balaban J connectivity index is 1.71. The van der Waals surface area contributed by atoms with Crippen LogP contribution >= 0.6 is 45.3 Å². The molecule has 0 aliphatic heterocycles. The smallest absolute Gasteiger partial charge is 0.234 e. The molecule has 4 rings (SSSR count). The second-order valence-electron chi connectivity index (χ2n) is 7.68. The maximum Gasteiger partial charge on any atom is 0.234 e. The molecular weight excluding hydrogens is 537 g/mol. The van der Waals surface area contributed by atoms with Crippen LogP contribution in [0.4, 0.5) is 0 Å². The summed E-state index contributed by atoms with van der Waals surface area (Å²) in [5.74, 6) is 2.40. The second kappa shape index (κ2) is 13.3. The van der Waals surface area contributed by atoms with Crippen molar-refractivity contribution in [1.29, 1.82) is 0 Å². The molecule has 0 spiro atoms. The lowest BCUT2D eigenvalue weighted by Gasteiger charge is -2.05. The molecule has 0 bridgehead atoms. The highest BCUT2D eigenvalue weighted by molar-refractivity contribution is 7.28. The molecule has 0 fully saturated rings. The van der Waals surface area contributed by atoms with Crippen LogP contribution in [-0.4, -0.2) is 46.4 Å². The van der Waals surface area contributed by atoms with Crippen LogP contribution in [0.5, 0.6) is 23.5 Å². The van der Waals surface area contributed by atoms with Gasteiger partial charge in [-0.15, -0.1) is 45.3 Å². The monoisotopic (exact) mass is 566 g/mol. The third-order valence-corrected chi connectivity index (χ3v) is 8.69. The van der Waals surface area contributed by atoms with Crippen LogP contribution in [0.2, 0.25) is 0 Å². The normalized spacial score (nSPS) is 11.1. The molecule has 0 amide bonds. The highest BCUT2D eigenvalue weighted by atomic mass is 32.1. The van der Waals surface area contributed by atoms with Crippen LogP contribution < -0.4 is 18.9 Å². The molecule has 0 aromatic carbocycles. The molecule has 4 aromatic rings. The first-order valence-electron chi connectivity index (χ1n) is 12.1. The van der Waals surface area contributed by atoms with E-state index in [1.54, 1.807) is 0 Å². The van der Waals surface area contributed by atoms with Gasteiger partial charge in [0.05, 0.1) is 37.2 Å². The molecule has 194 valence electrons. The molecule has 0 aliphatic rings. The average molecular weight is 567 g/mol. The summed E-state index contributed by atoms with van der Waals surface area (Å²) in [5, 5.41) is 7.01. The molecule has 4 aromatic heterocycles. The van der Waals surface area contributed by atoms with Crippen LogP contribution in [0.1, 0.15) is 53.4 Å². The number of thiazole rings is 4. The van der Waals surface area contributed by atoms with Gasteiger partial charge in [-0.25, -0.2) is 0 Å². The van der Waals surface area contributed by atoms with Gasteiger partial charge >= 0.3 is 0 Å². The van der Waals surface area contributed by atoms with Crippen LogP contribution in [0, 0.1) is 0 Å². The van der Waals surface area contributed by atoms with E-state index in [1.807, 2.05) is 10.8 Å². The summed E-state index contributed by atoms with van der Waals surface area (Å²) in [6, 6.07) is 0. The van der Waals surface area contributed by atoms with Crippen molar-refractivity contribution in [2.24, 2.45) is 0 Å². The maximum atomic E-state index is 6.07. The van der Waals surface area contributed by atoms with Crippen LogP contribution in [0.25, 0.3) is 29.8 Å². The van der Waals surface area contributed by atoms with Crippen molar-refractivity contribution >= 4 is 45.3 Å². The highest BCUT2D eigenvalue weighted by Crippen LogP contribution is 2.49.